The molecule has 27 heavy (non-hydrogen) atoms. The van der Waals surface area contributed by atoms with Crippen molar-refractivity contribution < 1.29 is 27.9 Å². The van der Waals surface area contributed by atoms with E-state index in [1.807, 2.05) is 24.3 Å². The predicted molar refractivity (Wildman–Crippen MR) is 91.6 cm³/mol. The van der Waals surface area contributed by atoms with Crippen LogP contribution in [0.5, 0.6) is 0 Å². The number of carbonyl (C=O) groups is 2. The molecule has 3 rings (SSSR count). The zero-order valence-electron chi connectivity index (χ0n) is 14.4. The van der Waals surface area contributed by atoms with Crippen molar-refractivity contribution in [2.24, 2.45) is 5.92 Å². The molecule has 1 aliphatic heterocycles. The van der Waals surface area contributed by atoms with E-state index in [9.17, 15) is 27.9 Å². The van der Waals surface area contributed by atoms with Crippen LogP contribution in [-0.2, 0) is 35.3 Å². The fraction of sp³-hybridized carbons (Fsp3) is 0.300. The average molecular weight is 377 g/mol. The monoisotopic (exact) mass is 377 g/mol. The van der Waals surface area contributed by atoms with Gasteiger partial charge in [0, 0.05) is 19.5 Å². The molecule has 0 bridgehead atoms. The number of hydrogen-bond donors (Lipinski definition) is 1. The maximum atomic E-state index is 13.1. The van der Waals surface area contributed by atoms with Gasteiger partial charge in [0.05, 0.1) is 11.5 Å². The number of aliphatic carboxylic acids is 1. The van der Waals surface area contributed by atoms with Gasteiger partial charge in [-0.25, -0.2) is 0 Å². The standard InChI is InChI=1S/C20H18F3NO3/c21-20(22,23)17-8-4-3-5-13(17)9-16(19(26)27)10-18(25)24-11-14-6-1-2-7-15(14)12-24/h1-8,16H,9-12H2,(H,26,27). The smallest absolute Gasteiger partial charge is 0.416 e. The van der Waals surface area contributed by atoms with Crippen LogP contribution in [0.3, 0.4) is 0 Å². The van der Waals surface area contributed by atoms with Crippen LogP contribution in [0.1, 0.15) is 28.7 Å². The first-order chi connectivity index (χ1) is 12.8. The number of rotatable bonds is 5. The fourth-order valence-corrected chi connectivity index (χ4v) is 3.34. The van der Waals surface area contributed by atoms with E-state index in [1.54, 1.807) is 0 Å². The molecule has 1 aliphatic rings. The van der Waals surface area contributed by atoms with Gasteiger partial charge in [-0.2, -0.15) is 13.2 Å². The lowest BCUT2D eigenvalue weighted by atomic mass is 9.92. The summed E-state index contributed by atoms with van der Waals surface area (Å²) in [6.45, 7) is 0.779. The van der Waals surface area contributed by atoms with Gasteiger partial charge in [-0.05, 0) is 29.2 Å². The number of amides is 1. The highest BCUT2D eigenvalue weighted by molar-refractivity contribution is 5.83. The largest absolute Gasteiger partial charge is 0.481 e. The zero-order chi connectivity index (χ0) is 19.6. The van der Waals surface area contributed by atoms with E-state index in [0.717, 1.165) is 17.2 Å². The first-order valence-corrected chi connectivity index (χ1v) is 8.48. The van der Waals surface area contributed by atoms with Crippen LogP contribution >= 0.6 is 0 Å². The van der Waals surface area contributed by atoms with Crippen molar-refractivity contribution >= 4 is 11.9 Å². The molecular formula is C20H18F3NO3. The Morgan fingerprint density at radius 3 is 2.11 bits per heavy atom. The summed E-state index contributed by atoms with van der Waals surface area (Å²) in [6.07, 6.45) is -5.26. The molecule has 0 fully saturated rings. The molecule has 7 heteroatoms. The topological polar surface area (TPSA) is 57.6 Å². The Hall–Kier alpha value is -2.83. The molecule has 0 saturated heterocycles. The summed E-state index contributed by atoms with van der Waals surface area (Å²) in [5.41, 5.74) is 1.02. The van der Waals surface area contributed by atoms with E-state index in [-0.39, 0.29) is 24.3 Å². The first kappa shape index (κ1) is 18.9. The van der Waals surface area contributed by atoms with Crippen molar-refractivity contribution in [3.63, 3.8) is 0 Å². The molecule has 1 atom stereocenters. The minimum atomic E-state index is -4.57. The van der Waals surface area contributed by atoms with Crippen molar-refractivity contribution in [1.29, 1.82) is 0 Å². The number of carboxylic acids is 1. The normalized spacial score (nSPS) is 14.7. The van der Waals surface area contributed by atoms with Gasteiger partial charge in [0.25, 0.3) is 0 Å². The second kappa shape index (κ2) is 7.42. The van der Waals surface area contributed by atoms with E-state index >= 15 is 0 Å². The number of carboxylic acid groups (broad SMARTS) is 1. The number of hydrogen-bond acceptors (Lipinski definition) is 2. The van der Waals surface area contributed by atoms with Gasteiger partial charge >= 0.3 is 12.1 Å². The van der Waals surface area contributed by atoms with Gasteiger partial charge in [0.15, 0.2) is 0 Å². The summed E-state index contributed by atoms with van der Waals surface area (Å²) < 4.78 is 39.4. The number of carbonyl (C=O) groups excluding carboxylic acids is 1. The van der Waals surface area contributed by atoms with E-state index in [0.29, 0.717) is 13.1 Å². The van der Waals surface area contributed by atoms with Gasteiger partial charge in [0.2, 0.25) is 5.91 Å². The number of alkyl halides is 3. The molecule has 1 N–H and O–H groups in total. The van der Waals surface area contributed by atoms with Crippen LogP contribution in [0.2, 0.25) is 0 Å². The maximum Gasteiger partial charge on any atom is 0.416 e. The van der Waals surface area contributed by atoms with E-state index in [4.69, 9.17) is 0 Å². The Bertz CT molecular complexity index is 839. The Morgan fingerprint density at radius 1 is 1.00 bits per heavy atom. The molecule has 2 aromatic rings. The van der Waals surface area contributed by atoms with Crippen LogP contribution in [0, 0.1) is 5.92 Å². The molecule has 0 saturated carbocycles. The molecule has 1 amide bonds. The van der Waals surface area contributed by atoms with Crippen LogP contribution in [-0.4, -0.2) is 21.9 Å². The Balaban J connectivity index is 1.73. The molecule has 2 aromatic carbocycles. The van der Waals surface area contributed by atoms with Crippen LogP contribution in [0.4, 0.5) is 13.2 Å². The lowest BCUT2D eigenvalue weighted by Crippen LogP contribution is -2.30. The molecule has 0 spiro atoms. The molecule has 0 aliphatic carbocycles. The molecule has 1 heterocycles. The Morgan fingerprint density at radius 2 is 1.56 bits per heavy atom. The van der Waals surface area contributed by atoms with Gasteiger partial charge in [-0.3, -0.25) is 9.59 Å². The van der Waals surface area contributed by atoms with Crippen molar-refractivity contribution in [2.75, 3.05) is 0 Å². The third kappa shape index (κ3) is 4.30. The lowest BCUT2D eigenvalue weighted by Gasteiger charge is -2.20. The Labute approximate surface area is 154 Å². The van der Waals surface area contributed by atoms with Crippen molar-refractivity contribution in [3.05, 3.63) is 70.8 Å². The summed E-state index contributed by atoms with van der Waals surface area (Å²) in [5.74, 6) is -2.87. The molecule has 0 aromatic heterocycles. The second-order valence-electron chi connectivity index (χ2n) is 6.62. The summed E-state index contributed by atoms with van der Waals surface area (Å²) in [5, 5.41) is 9.44. The lowest BCUT2D eigenvalue weighted by molar-refractivity contribution is -0.146. The van der Waals surface area contributed by atoms with E-state index in [1.165, 1.54) is 23.1 Å². The zero-order valence-corrected chi connectivity index (χ0v) is 14.4. The minimum Gasteiger partial charge on any atom is -0.481 e. The molecule has 4 nitrogen and oxygen atoms in total. The molecule has 1 unspecified atom stereocenters. The number of halogens is 3. The highest BCUT2D eigenvalue weighted by Gasteiger charge is 2.35. The Kier molecular flexibility index (Phi) is 5.21. The third-order valence-corrected chi connectivity index (χ3v) is 4.75. The van der Waals surface area contributed by atoms with Crippen molar-refractivity contribution in [2.45, 2.75) is 32.1 Å². The second-order valence-corrected chi connectivity index (χ2v) is 6.62. The van der Waals surface area contributed by atoms with E-state index in [2.05, 4.69) is 0 Å². The summed E-state index contributed by atoms with van der Waals surface area (Å²) >= 11 is 0. The molecule has 142 valence electrons. The predicted octanol–water partition coefficient (Wildman–Crippen LogP) is 3.88. The van der Waals surface area contributed by atoms with Crippen molar-refractivity contribution in [1.82, 2.24) is 4.90 Å². The minimum absolute atomic E-state index is 0.116. The number of benzene rings is 2. The van der Waals surface area contributed by atoms with E-state index < -0.39 is 23.6 Å². The quantitative estimate of drug-likeness (QED) is 0.860. The van der Waals surface area contributed by atoms with Gasteiger partial charge in [-0.1, -0.05) is 42.5 Å². The SMILES string of the molecule is O=C(O)C(CC(=O)N1Cc2ccccc2C1)Cc1ccccc1C(F)(F)F. The summed E-state index contributed by atoms with van der Waals surface area (Å²) in [7, 11) is 0. The van der Waals surface area contributed by atoms with Crippen LogP contribution in [0.25, 0.3) is 0 Å². The van der Waals surface area contributed by atoms with Gasteiger partial charge in [0.1, 0.15) is 0 Å². The van der Waals surface area contributed by atoms with Crippen LogP contribution in [0.15, 0.2) is 48.5 Å². The highest BCUT2D eigenvalue weighted by Crippen LogP contribution is 2.33. The van der Waals surface area contributed by atoms with Gasteiger partial charge < -0.3 is 10.0 Å². The number of nitrogens with zero attached hydrogens (tertiary/aromatic N) is 1. The summed E-state index contributed by atoms with van der Waals surface area (Å²) in [6, 6.07) is 12.4. The molecular weight excluding hydrogens is 359 g/mol. The number of fused-ring (bicyclic) bond motifs is 1. The van der Waals surface area contributed by atoms with Crippen LogP contribution < -0.4 is 0 Å². The third-order valence-electron chi connectivity index (χ3n) is 4.75. The van der Waals surface area contributed by atoms with Gasteiger partial charge in [-0.15, -0.1) is 0 Å². The van der Waals surface area contributed by atoms with Crippen molar-refractivity contribution in [3.8, 4) is 0 Å². The average Bonchev–Trinajstić information content (AvgIpc) is 3.05. The fourth-order valence-electron chi connectivity index (χ4n) is 3.34. The highest BCUT2D eigenvalue weighted by atomic mass is 19.4. The maximum absolute atomic E-state index is 13.1. The summed E-state index contributed by atoms with van der Waals surface area (Å²) in [4.78, 5) is 25.7. The first-order valence-electron chi connectivity index (χ1n) is 8.48. The molecule has 0 radical (unpaired) electrons.